The summed E-state index contributed by atoms with van der Waals surface area (Å²) in [5, 5.41) is 3.48. The van der Waals surface area contributed by atoms with Crippen LogP contribution in [0.1, 0.15) is 24.2 Å². The van der Waals surface area contributed by atoms with E-state index < -0.39 is 0 Å². The molecule has 84 valence electrons. The summed E-state index contributed by atoms with van der Waals surface area (Å²) in [4.78, 5) is 3.18. The van der Waals surface area contributed by atoms with Gasteiger partial charge in [0.25, 0.3) is 0 Å². The van der Waals surface area contributed by atoms with Crippen LogP contribution >= 0.6 is 15.9 Å². The van der Waals surface area contributed by atoms with Gasteiger partial charge in [0.1, 0.15) is 0 Å². The highest BCUT2D eigenvalue weighted by Crippen LogP contribution is 2.22. The van der Waals surface area contributed by atoms with E-state index >= 15 is 0 Å². The Morgan fingerprint density at radius 1 is 1.25 bits per heavy atom. The fourth-order valence-corrected chi connectivity index (χ4v) is 2.30. The summed E-state index contributed by atoms with van der Waals surface area (Å²) in [6, 6.07) is 12.7. The number of rotatable bonds is 4. The van der Waals surface area contributed by atoms with Crippen LogP contribution in [0.15, 0.2) is 47.1 Å². The van der Waals surface area contributed by atoms with Gasteiger partial charge in [0.15, 0.2) is 0 Å². The number of benzene rings is 1. The van der Waals surface area contributed by atoms with E-state index in [2.05, 4.69) is 57.4 Å². The number of halogens is 1. The molecule has 16 heavy (non-hydrogen) atoms. The zero-order valence-electron chi connectivity index (χ0n) is 9.20. The van der Waals surface area contributed by atoms with Crippen LogP contribution in [0.25, 0.3) is 0 Å². The third kappa shape index (κ3) is 2.74. The molecule has 0 aliphatic heterocycles. The van der Waals surface area contributed by atoms with Crippen molar-refractivity contribution in [3.63, 3.8) is 0 Å². The molecule has 0 fully saturated rings. The maximum absolute atomic E-state index is 3.57. The summed E-state index contributed by atoms with van der Waals surface area (Å²) in [6.45, 7) is 3.03. The van der Waals surface area contributed by atoms with E-state index in [0.29, 0.717) is 6.04 Å². The molecule has 0 spiro atoms. The molecule has 2 nitrogen and oxygen atoms in total. The molecular weight excluding hydrogens is 264 g/mol. The SMILES string of the molecule is C[C@H](NCc1ccc[nH]1)c1ccccc1Br. The van der Waals surface area contributed by atoms with Gasteiger partial charge in [-0.1, -0.05) is 34.1 Å². The Morgan fingerprint density at radius 2 is 2.06 bits per heavy atom. The molecular formula is C13H15BrN2. The molecule has 1 atom stereocenters. The highest BCUT2D eigenvalue weighted by atomic mass is 79.9. The van der Waals surface area contributed by atoms with Crippen molar-refractivity contribution in [3.8, 4) is 0 Å². The second-order valence-corrected chi connectivity index (χ2v) is 4.67. The van der Waals surface area contributed by atoms with Crippen LogP contribution in [0.4, 0.5) is 0 Å². The molecule has 1 aromatic heterocycles. The average Bonchev–Trinajstić information content (AvgIpc) is 2.79. The maximum atomic E-state index is 3.57. The Bertz CT molecular complexity index is 437. The van der Waals surface area contributed by atoms with E-state index in [-0.39, 0.29) is 0 Å². The number of aromatic nitrogens is 1. The Hall–Kier alpha value is -1.06. The van der Waals surface area contributed by atoms with Crippen LogP contribution in [0, 0.1) is 0 Å². The fraction of sp³-hybridized carbons (Fsp3) is 0.231. The van der Waals surface area contributed by atoms with E-state index in [9.17, 15) is 0 Å². The molecule has 0 unspecified atom stereocenters. The molecule has 0 bridgehead atoms. The van der Waals surface area contributed by atoms with E-state index in [1.807, 2.05) is 18.3 Å². The average molecular weight is 279 g/mol. The third-order valence-corrected chi connectivity index (χ3v) is 3.35. The van der Waals surface area contributed by atoms with Gasteiger partial charge in [-0.25, -0.2) is 0 Å². The zero-order chi connectivity index (χ0) is 11.4. The molecule has 2 N–H and O–H groups in total. The predicted molar refractivity (Wildman–Crippen MR) is 70.2 cm³/mol. The van der Waals surface area contributed by atoms with Crippen LogP contribution in [0.3, 0.4) is 0 Å². The van der Waals surface area contributed by atoms with Crippen molar-refractivity contribution in [2.45, 2.75) is 19.5 Å². The lowest BCUT2D eigenvalue weighted by molar-refractivity contribution is 0.567. The molecule has 1 aromatic carbocycles. The monoisotopic (exact) mass is 278 g/mol. The summed E-state index contributed by atoms with van der Waals surface area (Å²) in [7, 11) is 0. The predicted octanol–water partition coefficient (Wildman–Crippen LogP) is 3.63. The Kier molecular flexibility index (Phi) is 3.80. The Balaban J connectivity index is 1.98. The van der Waals surface area contributed by atoms with Crippen molar-refractivity contribution in [2.24, 2.45) is 0 Å². The number of hydrogen-bond acceptors (Lipinski definition) is 1. The van der Waals surface area contributed by atoms with E-state index in [1.54, 1.807) is 0 Å². The molecule has 0 radical (unpaired) electrons. The molecule has 0 aliphatic carbocycles. The number of nitrogens with one attached hydrogen (secondary N) is 2. The van der Waals surface area contributed by atoms with Crippen LogP contribution in [-0.4, -0.2) is 4.98 Å². The van der Waals surface area contributed by atoms with Crippen LogP contribution in [-0.2, 0) is 6.54 Å². The summed E-state index contributed by atoms with van der Waals surface area (Å²) >= 11 is 3.57. The maximum Gasteiger partial charge on any atom is 0.0362 e. The molecule has 0 saturated carbocycles. The summed E-state index contributed by atoms with van der Waals surface area (Å²) in [6.07, 6.45) is 1.94. The van der Waals surface area contributed by atoms with Gasteiger partial charge in [0.2, 0.25) is 0 Å². The lowest BCUT2D eigenvalue weighted by Gasteiger charge is -2.15. The van der Waals surface area contributed by atoms with Crippen LogP contribution in [0.5, 0.6) is 0 Å². The number of H-pyrrole nitrogens is 1. The minimum Gasteiger partial charge on any atom is -0.364 e. The van der Waals surface area contributed by atoms with Crippen molar-refractivity contribution >= 4 is 15.9 Å². The van der Waals surface area contributed by atoms with Gasteiger partial charge in [0, 0.05) is 29.0 Å². The molecule has 0 aliphatic rings. The fourth-order valence-electron chi connectivity index (χ4n) is 1.68. The highest BCUT2D eigenvalue weighted by Gasteiger charge is 2.07. The minimum absolute atomic E-state index is 0.332. The topological polar surface area (TPSA) is 27.8 Å². The second-order valence-electron chi connectivity index (χ2n) is 3.82. The third-order valence-electron chi connectivity index (χ3n) is 2.63. The number of aromatic amines is 1. The smallest absolute Gasteiger partial charge is 0.0362 e. The van der Waals surface area contributed by atoms with E-state index in [4.69, 9.17) is 0 Å². The van der Waals surface area contributed by atoms with E-state index in [0.717, 1.165) is 11.0 Å². The van der Waals surface area contributed by atoms with E-state index in [1.165, 1.54) is 11.3 Å². The molecule has 0 saturated heterocycles. The van der Waals surface area contributed by atoms with Crippen molar-refractivity contribution in [3.05, 3.63) is 58.3 Å². The van der Waals surface area contributed by atoms with Gasteiger partial charge in [0.05, 0.1) is 0 Å². The highest BCUT2D eigenvalue weighted by molar-refractivity contribution is 9.10. The van der Waals surface area contributed by atoms with Gasteiger partial charge in [-0.15, -0.1) is 0 Å². The molecule has 2 rings (SSSR count). The van der Waals surface area contributed by atoms with Gasteiger partial charge in [-0.05, 0) is 30.7 Å². The lowest BCUT2D eigenvalue weighted by atomic mass is 10.1. The second kappa shape index (κ2) is 5.32. The normalized spacial score (nSPS) is 12.6. The largest absolute Gasteiger partial charge is 0.364 e. The van der Waals surface area contributed by atoms with Gasteiger partial charge < -0.3 is 10.3 Å². The van der Waals surface area contributed by atoms with Crippen LogP contribution < -0.4 is 5.32 Å². The Morgan fingerprint density at radius 3 is 2.75 bits per heavy atom. The molecule has 1 heterocycles. The first-order valence-corrected chi connectivity index (χ1v) is 6.17. The minimum atomic E-state index is 0.332. The quantitative estimate of drug-likeness (QED) is 0.878. The van der Waals surface area contributed by atoms with Crippen molar-refractivity contribution < 1.29 is 0 Å². The number of hydrogen-bond donors (Lipinski definition) is 2. The van der Waals surface area contributed by atoms with Gasteiger partial charge in [-0.2, -0.15) is 0 Å². The van der Waals surface area contributed by atoms with Gasteiger partial charge in [-0.3, -0.25) is 0 Å². The lowest BCUT2D eigenvalue weighted by Crippen LogP contribution is -2.18. The summed E-state index contributed by atoms with van der Waals surface area (Å²) in [5.41, 5.74) is 2.49. The van der Waals surface area contributed by atoms with Crippen molar-refractivity contribution in [2.75, 3.05) is 0 Å². The van der Waals surface area contributed by atoms with Gasteiger partial charge >= 0.3 is 0 Å². The first-order valence-electron chi connectivity index (χ1n) is 5.37. The molecule has 0 amide bonds. The first kappa shape index (κ1) is 11.4. The first-order chi connectivity index (χ1) is 7.77. The Labute approximate surface area is 104 Å². The van der Waals surface area contributed by atoms with Crippen molar-refractivity contribution in [1.82, 2.24) is 10.3 Å². The summed E-state index contributed by atoms with van der Waals surface area (Å²) in [5.74, 6) is 0. The summed E-state index contributed by atoms with van der Waals surface area (Å²) < 4.78 is 1.15. The standard InChI is InChI=1S/C13H15BrN2/c1-10(12-6-2-3-7-13(12)14)16-9-11-5-4-8-15-11/h2-8,10,15-16H,9H2,1H3/t10-/m0/s1. The van der Waals surface area contributed by atoms with Crippen LogP contribution in [0.2, 0.25) is 0 Å². The zero-order valence-corrected chi connectivity index (χ0v) is 10.8. The molecule has 2 aromatic rings. The van der Waals surface area contributed by atoms with Crippen molar-refractivity contribution in [1.29, 1.82) is 0 Å². The molecule has 3 heteroatoms.